The van der Waals surface area contributed by atoms with Gasteiger partial charge < -0.3 is 5.32 Å². The Hall–Kier alpha value is -2.42. The van der Waals surface area contributed by atoms with Crippen LogP contribution < -0.4 is 5.32 Å². The maximum Gasteiger partial charge on any atom is 0.228 e. The Morgan fingerprint density at radius 1 is 1.16 bits per heavy atom. The van der Waals surface area contributed by atoms with Crippen molar-refractivity contribution in [3.05, 3.63) is 65.2 Å². The van der Waals surface area contributed by atoms with E-state index in [0.29, 0.717) is 17.7 Å². The van der Waals surface area contributed by atoms with Gasteiger partial charge >= 0.3 is 0 Å². The number of hydrogen-bond donors (Lipinski definition) is 1. The van der Waals surface area contributed by atoms with E-state index in [-0.39, 0.29) is 5.91 Å². The fraction of sp³-hybridized carbons (Fsp3) is 0.125. The fourth-order valence-electron chi connectivity index (χ4n) is 1.88. The highest BCUT2D eigenvalue weighted by Gasteiger charge is 2.06. The first-order chi connectivity index (χ1) is 9.19. The Balaban J connectivity index is 2.05. The minimum atomic E-state index is -0.0858. The first-order valence-electron chi connectivity index (χ1n) is 6.08. The number of carbonyl (C=O) groups is 2. The number of hydrogen-bond acceptors (Lipinski definition) is 2. The SMILES string of the molecule is Cc1ccccc1CC(=O)Nc1cccc(C=O)c1. The van der Waals surface area contributed by atoms with E-state index < -0.39 is 0 Å². The summed E-state index contributed by atoms with van der Waals surface area (Å²) in [4.78, 5) is 22.6. The lowest BCUT2D eigenvalue weighted by molar-refractivity contribution is -0.115. The smallest absolute Gasteiger partial charge is 0.228 e. The summed E-state index contributed by atoms with van der Waals surface area (Å²) in [6.45, 7) is 1.98. The second-order valence-corrected chi connectivity index (χ2v) is 4.39. The van der Waals surface area contributed by atoms with Crippen LogP contribution in [0.1, 0.15) is 21.5 Å². The zero-order valence-corrected chi connectivity index (χ0v) is 10.7. The normalized spacial score (nSPS) is 9.95. The van der Waals surface area contributed by atoms with Gasteiger partial charge in [-0.15, -0.1) is 0 Å². The van der Waals surface area contributed by atoms with E-state index in [1.165, 1.54) is 0 Å². The summed E-state index contributed by atoms with van der Waals surface area (Å²) in [6, 6.07) is 14.7. The number of aldehydes is 1. The Kier molecular flexibility index (Phi) is 4.08. The van der Waals surface area contributed by atoms with Gasteiger partial charge in [-0.1, -0.05) is 36.4 Å². The van der Waals surface area contributed by atoms with Crippen LogP contribution in [0.3, 0.4) is 0 Å². The Bertz CT molecular complexity index is 605. The molecular weight excluding hydrogens is 238 g/mol. The van der Waals surface area contributed by atoms with Gasteiger partial charge in [0.2, 0.25) is 5.91 Å². The van der Waals surface area contributed by atoms with Crippen LogP contribution in [-0.4, -0.2) is 12.2 Å². The summed E-state index contributed by atoms with van der Waals surface area (Å²) in [5.41, 5.74) is 3.29. The van der Waals surface area contributed by atoms with Gasteiger partial charge in [-0.3, -0.25) is 9.59 Å². The summed E-state index contributed by atoms with van der Waals surface area (Å²) >= 11 is 0. The van der Waals surface area contributed by atoms with Crippen molar-refractivity contribution in [1.29, 1.82) is 0 Å². The molecule has 0 bridgehead atoms. The molecule has 2 aromatic carbocycles. The molecule has 3 heteroatoms. The van der Waals surface area contributed by atoms with Crippen molar-refractivity contribution in [2.75, 3.05) is 5.32 Å². The molecule has 0 aliphatic heterocycles. The van der Waals surface area contributed by atoms with E-state index in [9.17, 15) is 9.59 Å². The number of anilines is 1. The number of carbonyl (C=O) groups excluding carboxylic acids is 2. The Morgan fingerprint density at radius 2 is 1.95 bits per heavy atom. The Labute approximate surface area is 112 Å². The molecule has 0 saturated heterocycles. The van der Waals surface area contributed by atoms with Crippen LogP contribution in [0.25, 0.3) is 0 Å². The molecule has 0 radical (unpaired) electrons. The average molecular weight is 253 g/mol. The highest BCUT2D eigenvalue weighted by molar-refractivity contribution is 5.93. The van der Waals surface area contributed by atoms with Gasteiger partial charge in [-0.2, -0.15) is 0 Å². The molecule has 19 heavy (non-hydrogen) atoms. The molecule has 0 heterocycles. The molecule has 1 amide bonds. The molecule has 0 aliphatic carbocycles. The van der Waals surface area contributed by atoms with Crippen LogP contribution in [0.5, 0.6) is 0 Å². The fourth-order valence-corrected chi connectivity index (χ4v) is 1.88. The molecule has 0 saturated carbocycles. The largest absolute Gasteiger partial charge is 0.326 e. The van der Waals surface area contributed by atoms with E-state index in [0.717, 1.165) is 17.4 Å². The first kappa shape index (κ1) is 13.0. The minimum Gasteiger partial charge on any atom is -0.326 e. The molecule has 0 atom stereocenters. The first-order valence-corrected chi connectivity index (χ1v) is 6.08. The van der Waals surface area contributed by atoms with Gasteiger partial charge in [-0.25, -0.2) is 0 Å². The predicted octanol–water partition coefficient (Wildman–Crippen LogP) is 2.99. The summed E-state index contributed by atoms with van der Waals surface area (Å²) in [5.74, 6) is -0.0858. The summed E-state index contributed by atoms with van der Waals surface area (Å²) in [5, 5.41) is 2.79. The molecule has 0 aromatic heterocycles. The van der Waals surface area contributed by atoms with Crippen molar-refractivity contribution in [2.45, 2.75) is 13.3 Å². The highest BCUT2D eigenvalue weighted by atomic mass is 16.1. The maximum atomic E-state index is 11.9. The molecule has 0 spiro atoms. The second-order valence-electron chi connectivity index (χ2n) is 4.39. The highest BCUT2D eigenvalue weighted by Crippen LogP contribution is 2.12. The number of nitrogens with one attached hydrogen (secondary N) is 1. The van der Waals surface area contributed by atoms with Crippen LogP contribution in [0, 0.1) is 6.92 Å². The van der Waals surface area contributed by atoms with Crippen molar-refractivity contribution in [3.63, 3.8) is 0 Å². The summed E-state index contributed by atoms with van der Waals surface area (Å²) in [6.07, 6.45) is 1.09. The third kappa shape index (κ3) is 3.52. The van der Waals surface area contributed by atoms with E-state index in [1.807, 2.05) is 31.2 Å². The lowest BCUT2D eigenvalue weighted by Crippen LogP contribution is -2.15. The summed E-state index contributed by atoms with van der Waals surface area (Å²) in [7, 11) is 0. The Morgan fingerprint density at radius 3 is 2.68 bits per heavy atom. The van der Waals surface area contributed by atoms with Crippen LogP contribution in [0.4, 0.5) is 5.69 Å². The molecule has 2 aromatic rings. The molecule has 3 nitrogen and oxygen atoms in total. The van der Waals surface area contributed by atoms with Crippen LogP contribution in [-0.2, 0) is 11.2 Å². The van der Waals surface area contributed by atoms with Gasteiger partial charge in [0.05, 0.1) is 6.42 Å². The van der Waals surface area contributed by atoms with Gasteiger partial charge in [0.25, 0.3) is 0 Å². The van der Waals surface area contributed by atoms with E-state index in [1.54, 1.807) is 24.3 Å². The summed E-state index contributed by atoms with van der Waals surface area (Å²) < 4.78 is 0. The minimum absolute atomic E-state index is 0.0858. The molecule has 0 unspecified atom stereocenters. The molecular formula is C16H15NO2. The number of rotatable bonds is 4. The second kappa shape index (κ2) is 5.96. The topological polar surface area (TPSA) is 46.2 Å². The van der Waals surface area contributed by atoms with Crippen LogP contribution in [0.15, 0.2) is 48.5 Å². The van der Waals surface area contributed by atoms with Gasteiger partial charge in [0, 0.05) is 11.3 Å². The van der Waals surface area contributed by atoms with E-state index in [2.05, 4.69) is 5.32 Å². The number of benzene rings is 2. The zero-order chi connectivity index (χ0) is 13.7. The zero-order valence-electron chi connectivity index (χ0n) is 10.7. The van der Waals surface area contributed by atoms with Gasteiger partial charge in [0.1, 0.15) is 6.29 Å². The van der Waals surface area contributed by atoms with Gasteiger partial charge in [0.15, 0.2) is 0 Å². The monoisotopic (exact) mass is 253 g/mol. The standard InChI is InChI=1S/C16H15NO2/c1-12-5-2-3-7-14(12)10-16(19)17-15-8-4-6-13(9-15)11-18/h2-9,11H,10H2,1H3,(H,17,19). The molecule has 96 valence electrons. The van der Waals surface area contributed by atoms with Crippen LogP contribution >= 0.6 is 0 Å². The molecule has 0 aliphatic rings. The lowest BCUT2D eigenvalue weighted by atomic mass is 10.1. The van der Waals surface area contributed by atoms with Crippen molar-refractivity contribution in [3.8, 4) is 0 Å². The quantitative estimate of drug-likeness (QED) is 0.851. The number of aryl methyl sites for hydroxylation is 1. The van der Waals surface area contributed by atoms with E-state index >= 15 is 0 Å². The molecule has 2 rings (SSSR count). The number of amides is 1. The van der Waals surface area contributed by atoms with Crippen molar-refractivity contribution >= 4 is 17.9 Å². The third-order valence-corrected chi connectivity index (χ3v) is 2.92. The van der Waals surface area contributed by atoms with Gasteiger partial charge in [-0.05, 0) is 30.2 Å². The van der Waals surface area contributed by atoms with Crippen molar-refractivity contribution in [2.24, 2.45) is 0 Å². The molecule has 0 fully saturated rings. The maximum absolute atomic E-state index is 11.9. The predicted molar refractivity (Wildman–Crippen MR) is 75.3 cm³/mol. The van der Waals surface area contributed by atoms with Crippen LogP contribution in [0.2, 0.25) is 0 Å². The molecule has 1 N–H and O–H groups in total. The average Bonchev–Trinajstić information content (AvgIpc) is 2.41. The van der Waals surface area contributed by atoms with E-state index in [4.69, 9.17) is 0 Å². The van der Waals surface area contributed by atoms with Crippen molar-refractivity contribution in [1.82, 2.24) is 0 Å². The van der Waals surface area contributed by atoms with Crippen molar-refractivity contribution < 1.29 is 9.59 Å². The third-order valence-electron chi connectivity index (χ3n) is 2.92. The lowest BCUT2D eigenvalue weighted by Gasteiger charge is -2.07.